The highest BCUT2D eigenvalue weighted by Gasteiger charge is 2.32. The highest BCUT2D eigenvalue weighted by Crippen LogP contribution is 2.32. The number of alkyl halides is 3. The average molecular weight is 355 g/mol. The molecule has 0 spiro atoms. The van der Waals surface area contributed by atoms with E-state index in [-0.39, 0.29) is 5.91 Å². The maximum absolute atomic E-state index is 12.9. The molecule has 0 radical (unpaired) electrons. The molecule has 0 bridgehead atoms. The van der Waals surface area contributed by atoms with E-state index < -0.39 is 11.7 Å². The molecule has 2 aliphatic rings. The van der Waals surface area contributed by atoms with Crippen LogP contribution in [0.5, 0.6) is 0 Å². The maximum atomic E-state index is 12.9. The number of piperazine rings is 1. The molecule has 1 atom stereocenters. The van der Waals surface area contributed by atoms with Gasteiger partial charge in [-0.3, -0.25) is 9.69 Å². The molecule has 0 unspecified atom stereocenters. The van der Waals surface area contributed by atoms with Crippen molar-refractivity contribution >= 4 is 11.6 Å². The first-order chi connectivity index (χ1) is 11.8. The van der Waals surface area contributed by atoms with Crippen molar-refractivity contribution in [2.45, 2.75) is 32.0 Å². The number of halogens is 3. The molecule has 7 heteroatoms. The van der Waals surface area contributed by atoms with E-state index in [9.17, 15) is 18.0 Å². The molecule has 25 heavy (non-hydrogen) atoms. The minimum atomic E-state index is -4.31. The van der Waals surface area contributed by atoms with Gasteiger partial charge in [-0.15, -0.1) is 0 Å². The smallest absolute Gasteiger partial charge is 0.369 e. The quantitative estimate of drug-likeness (QED) is 0.816. The van der Waals surface area contributed by atoms with Gasteiger partial charge in [-0.1, -0.05) is 6.07 Å². The van der Waals surface area contributed by atoms with Gasteiger partial charge in [0.25, 0.3) is 0 Å². The number of piperidine rings is 1. The van der Waals surface area contributed by atoms with Gasteiger partial charge >= 0.3 is 6.18 Å². The number of nitrogens with zero attached hydrogens (tertiary/aromatic N) is 3. The van der Waals surface area contributed by atoms with Crippen molar-refractivity contribution in [3.05, 3.63) is 29.8 Å². The Balaban J connectivity index is 1.60. The molecule has 2 aliphatic heterocycles. The summed E-state index contributed by atoms with van der Waals surface area (Å²) in [4.78, 5) is 17.9. The van der Waals surface area contributed by atoms with Crippen molar-refractivity contribution in [2.75, 3.05) is 44.2 Å². The number of amides is 1. The fourth-order valence-corrected chi connectivity index (χ4v) is 3.76. The summed E-state index contributed by atoms with van der Waals surface area (Å²) in [5, 5.41) is 0. The molecule has 4 nitrogen and oxygen atoms in total. The average Bonchev–Trinajstić information content (AvgIpc) is 2.61. The molecule has 1 aromatic rings. The molecule has 0 aromatic heterocycles. The number of hydrogen-bond donors (Lipinski definition) is 0. The molecule has 2 saturated heterocycles. The zero-order valence-corrected chi connectivity index (χ0v) is 14.4. The van der Waals surface area contributed by atoms with Crippen LogP contribution in [-0.2, 0) is 11.0 Å². The highest BCUT2D eigenvalue weighted by atomic mass is 19.4. The zero-order chi connectivity index (χ0) is 18.0. The molecular weight excluding hydrogens is 331 g/mol. The molecule has 138 valence electrons. The number of carbonyl (C=O) groups is 1. The minimum absolute atomic E-state index is 0.118. The van der Waals surface area contributed by atoms with E-state index in [2.05, 4.69) is 4.90 Å². The minimum Gasteiger partial charge on any atom is -0.369 e. The van der Waals surface area contributed by atoms with Gasteiger partial charge in [0.15, 0.2) is 0 Å². The number of benzene rings is 1. The normalized spacial score (nSPS) is 23.0. The van der Waals surface area contributed by atoms with Gasteiger partial charge in [-0.05, 0) is 31.0 Å². The number of hydrogen-bond acceptors (Lipinski definition) is 3. The molecule has 2 heterocycles. The summed E-state index contributed by atoms with van der Waals surface area (Å²) in [5.74, 6) is 0.118. The zero-order valence-electron chi connectivity index (χ0n) is 14.4. The molecule has 2 fully saturated rings. The summed E-state index contributed by atoms with van der Waals surface area (Å²) in [7, 11) is 0. The molecule has 0 aliphatic carbocycles. The van der Waals surface area contributed by atoms with Gasteiger partial charge in [0.1, 0.15) is 0 Å². The predicted molar refractivity (Wildman–Crippen MR) is 90.5 cm³/mol. The van der Waals surface area contributed by atoms with Crippen LogP contribution in [0, 0.1) is 0 Å². The summed E-state index contributed by atoms with van der Waals surface area (Å²) in [6.45, 7) is 6.23. The van der Waals surface area contributed by atoms with E-state index in [4.69, 9.17) is 0 Å². The van der Waals surface area contributed by atoms with Crippen molar-refractivity contribution in [3.63, 3.8) is 0 Å². The Morgan fingerprint density at radius 2 is 1.84 bits per heavy atom. The Bertz CT molecular complexity index is 612. The van der Waals surface area contributed by atoms with Crippen LogP contribution in [0.15, 0.2) is 24.3 Å². The van der Waals surface area contributed by atoms with E-state index >= 15 is 0 Å². The predicted octanol–water partition coefficient (Wildman–Crippen LogP) is 2.84. The van der Waals surface area contributed by atoms with Gasteiger partial charge in [-0.25, -0.2) is 0 Å². The van der Waals surface area contributed by atoms with Crippen molar-refractivity contribution in [1.29, 1.82) is 0 Å². The fourth-order valence-electron chi connectivity index (χ4n) is 3.76. The van der Waals surface area contributed by atoms with Crippen LogP contribution in [0.3, 0.4) is 0 Å². The number of anilines is 1. The topological polar surface area (TPSA) is 26.8 Å². The van der Waals surface area contributed by atoms with Crippen LogP contribution in [-0.4, -0.2) is 61.0 Å². The molecular formula is C18H24F3N3O. The van der Waals surface area contributed by atoms with Crippen LogP contribution in [0.1, 0.15) is 25.3 Å². The lowest BCUT2D eigenvalue weighted by molar-refractivity contribution is -0.137. The van der Waals surface area contributed by atoms with Crippen LogP contribution in [0.4, 0.5) is 18.9 Å². The Kier molecular flexibility index (Phi) is 5.22. The number of rotatable bonds is 2. The van der Waals surface area contributed by atoms with E-state index in [0.717, 1.165) is 45.1 Å². The van der Waals surface area contributed by atoms with Gasteiger partial charge in [0.05, 0.1) is 5.56 Å². The third kappa shape index (κ3) is 4.26. The monoisotopic (exact) mass is 355 g/mol. The van der Waals surface area contributed by atoms with Gasteiger partial charge in [0.2, 0.25) is 5.91 Å². The van der Waals surface area contributed by atoms with Gasteiger partial charge in [0, 0.05) is 57.9 Å². The van der Waals surface area contributed by atoms with Crippen LogP contribution in [0.25, 0.3) is 0 Å². The van der Waals surface area contributed by atoms with Crippen LogP contribution in [0.2, 0.25) is 0 Å². The van der Waals surface area contributed by atoms with Gasteiger partial charge < -0.3 is 9.80 Å². The lowest BCUT2D eigenvalue weighted by Gasteiger charge is -2.43. The Labute approximate surface area is 146 Å². The lowest BCUT2D eigenvalue weighted by Crippen LogP contribution is -2.55. The third-order valence-corrected chi connectivity index (χ3v) is 5.21. The molecule has 0 N–H and O–H groups in total. The summed E-state index contributed by atoms with van der Waals surface area (Å²) in [6.07, 6.45) is -2.22. The van der Waals surface area contributed by atoms with E-state index in [1.807, 2.05) is 9.80 Å². The molecule has 0 saturated carbocycles. The van der Waals surface area contributed by atoms with Crippen LogP contribution >= 0.6 is 0 Å². The van der Waals surface area contributed by atoms with E-state index in [1.165, 1.54) is 12.1 Å². The van der Waals surface area contributed by atoms with Crippen molar-refractivity contribution in [3.8, 4) is 0 Å². The SMILES string of the molecule is CC(=O)N1CCC[C@@H](N2CCN(c3cccc(C(F)(F)F)c3)CC2)C1. The summed E-state index contributed by atoms with van der Waals surface area (Å²) in [5.41, 5.74) is 0.0280. The van der Waals surface area contributed by atoms with Crippen molar-refractivity contribution in [1.82, 2.24) is 9.80 Å². The summed E-state index contributed by atoms with van der Waals surface area (Å²) < 4.78 is 38.6. The first-order valence-corrected chi connectivity index (χ1v) is 8.76. The second kappa shape index (κ2) is 7.23. The number of carbonyl (C=O) groups excluding carboxylic acids is 1. The summed E-state index contributed by atoms with van der Waals surface area (Å²) >= 11 is 0. The van der Waals surface area contributed by atoms with E-state index in [0.29, 0.717) is 24.8 Å². The van der Waals surface area contributed by atoms with Crippen LogP contribution < -0.4 is 4.90 Å². The second-order valence-electron chi connectivity index (χ2n) is 6.83. The van der Waals surface area contributed by atoms with Crippen molar-refractivity contribution < 1.29 is 18.0 Å². The van der Waals surface area contributed by atoms with E-state index in [1.54, 1.807) is 13.0 Å². The first kappa shape index (κ1) is 18.0. The van der Waals surface area contributed by atoms with Crippen molar-refractivity contribution in [2.24, 2.45) is 0 Å². The standard InChI is InChI=1S/C18H24F3N3O/c1-14(25)24-7-3-6-17(13-24)23-10-8-22(9-11-23)16-5-2-4-15(12-16)18(19,20)21/h2,4-5,12,17H,3,6-11,13H2,1H3/t17-/m1/s1. The lowest BCUT2D eigenvalue weighted by atomic mass is 10.0. The third-order valence-electron chi connectivity index (χ3n) is 5.21. The Morgan fingerprint density at radius 1 is 1.12 bits per heavy atom. The molecule has 1 amide bonds. The largest absolute Gasteiger partial charge is 0.416 e. The fraction of sp³-hybridized carbons (Fsp3) is 0.611. The maximum Gasteiger partial charge on any atom is 0.416 e. The molecule has 3 rings (SSSR count). The van der Waals surface area contributed by atoms with Gasteiger partial charge in [-0.2, -0.15) is 13.2 Å². The Morgan fingerprint density at radius 3 is 2.48 bits per heavy atom. The number of likely N-dealkylation sites (tertiary alicyclic amines) is 1. The second-order valence-corrected chi connectivity index (χ2v) is 6.83. The highest BCUT2D eigenvalue weighted by molar-refractivity contribution is 5.73. The first-order valence-electron chi connectivity index (χ1n) is 8.76. The molecule has 1 aromatic carbocycles. The Hall–Kier alpha value is -1.76. The summed E-state index contributed by atoms with van der Waals surface area (Å²) in [6, 6.07) is 5.91.